The van der Waals surface area contributed by atoms with E-state index in [2.05, 4.69) is 16.3 Å². The standard InChI is InChI=1S/C15H25N3O2/c1-15(11-16,12-6-7-12)17-14(20)10-18(8-3-9-19)13-4-2-5-13/h12-13,19H,2-10H2,1H3,(H,17,20). The van der Waals surface area contributed by atoms with E-state index in [0.29, 0.717) is 24.9 Å². The summed E-state index contributed by atoms with van der Waals surface area (Å²) in [7, 11) is 0. The van der Waals surface area contributed by atoms with Crippen LogP contribution in [0.2, 0.25) is 0 Å². The third kappa shape index (κ3) is 3.71. The van der Waals surface area contributed by atoms with Gasteiger partial charge in [0.05, 0.1) is 12.6 Å². The summed E-state index contributed by atoms with van der Waals surface area (Å²) in [5, 5.41) is 21.1. The summed E-state index contributed by atoms with van der Waals surface area (Å²) in [5.74, 6) is 0.247. The maximum atomic E-state index is 12.2. The Kier molecular flexibility index (Phi) is 5.00. The van der Waals surface area contributed by atoms with Gasteiger partial charge in [0.1, 0.15) is 5.54 Å². The van der Waals surface area contributed by atoms with E-state index in [-0.39, 0.29) is 12.5 Å². The van der Waals surface area contributed by atoms with Crippen molar-refractivity contribution in [3.05, 3.63) is 0 Å². The van der Waals surface area contributed by atoms with Gasteiger partial charge in [-0.2, -0.15) is 5.26 Å². The second-order valence-electron chi connectivity index (χ2n) is 6.27. The fraction of sp³-hybridized carbons (Fsp3) is 0.867. The van der Waals surface area contributed by atoms with Crippen molar-refractivity contribution in [1.82, 2.24) is 10.2 Å². The second-order valence-corrected chi connectivity index (χ2v) is 6.27. The summed E-state index contributed by atoms with van der Waals surface area (Å²) in [5.41, 5.74) is -0.709. The summed E-state index contributed by atoms with van der Waals surface area (Å²) in [6.07, 6.45) is 6.25. The molecule has 112 valence electrons. The Morgan fingerprint density at radius 3 is 2.60 bits per heavy atom. The Balaban J connectivity index is 1.85. The van der Waals surface area contributed by atoms with E-state index >= 15 is 0 Å². The minimum atomic E-state index is -0.709. The van der Waals surface area contributed by atoms with Gasteiger partial charge in [0.2, 0.25) is 5.91 Å². The van der Waals surface area contributed by atoms with E-state index in [1.165, 1.54) is 6.42 Å². The van der Waals surface area contributed by atoms with Gasteiger partial charge in [0.25, 0.3) is 0 Å². The van der Waals surface area contributed by atoms with Gasteiger partial charge in [-0.05, 0) is 44.9 Å². The largest absolute Gasteiger partial charge is 0.396 e. The lowest BCUT2D eigenvalue weighted by Crippen LogP contribution is -2.52. The highest BCUT2D eigenvalue weighted by molar-refractivity contribution is 5.79. The maximum Gasteiger partial charge on any atom is 0.235 e. The highest BCUT2D eigenvalue weighted by Gasteiger charge is 2.43. The summed E-state index contributed by atoms with van der Waals surface area (Å²) in [6, 6.07) is 2.73. The molecule has 2 fully saturated rings. The molecule has 2 aliphatic carbocycles. The predicted molar refractivity (Wildman–Crippen MR) is 75.8 cm³/mol. The summed E-state index contributed by atoms with van der Waals surface area (Å²) in [4.78, 5) is 14.4. The molecule has 5 nitrogen and oxygen atoms in total. The molecule has 0 spiro atoms. The third-order valence-corrected chi connectivity index (χ3v) is 4.57. The first-order valence-electron chi connectivity index (χ1n) is 7.66. The molecule has 1 atom stereocenters. The number of rotatable bonds is 8. The number of amides is 1. The average Bonchev–Trinajstić information content (AvgIpc) is 3.17. The number of aliphatic hydroxyl groups excluding tert-OH is 1. The summed E-state index contributed by atoms with van der Waals surface area (Å²) in [6.45, 7) is 3.07. The number of nitriles is 1. The highest BCUT2D eigenvalue weighted by atomic mass is 16.3. The number of carbonyl (C=O) groups excluding carboxylic acids is 1. The molecule has 0 aromatic rings. The van der Waals surface area contributed by atoms with Crippen molar-refractivity contribution in [1.29, 1.82) is 5.26 Å². The molecule has 1 unspecified atom stereocenters. The van der Waals surface area contributed by atoms with Crippen LogP contribution in [0.5, 0.6) is 0 Å². The first kappa shape index (κ1) is 15.3. The van der Waals surface area contributed by atoms with Gasteiger partial charge in [-0.25, -0.2) is 0 Å². The molecular formula is C15H25N3O2. The second kappa shape index (κ2) is 6.55. The van der Waals surface area contributed by atoms with E-state index in [1.54, 1.807) is 0 Å². The molecule has 0 bridgehead atoms. The molecule has 1 amide bonds. The lowest BCUT2D eigenvalue weighted by atomic mass is 9.91. The van der Waals surface area contributed by atoms with Crippen LogP contribution in [-0.4, -0.2) is 47.2 Å². The Morgan fingerprint density at radius 2 is 2.15 bits per heavy atom. The van der Waals surface area contributed by atoms with Crippen molar-refractivity contribution in [2.24, 2.45) is 5.92 Å². The molecule has 0 aromatic heterocycles. The van der Waals surface area contributed by atoms with Crippen molar-refractivity contribution >= 4 is 5.91 Å². The molecular weight excluding hydrogens is 254 g/mol. The fourth-order valence-corrected chi connectivity index (χ4v) is 2.81. The zero-order valence-electron chi connectivity index (χ0n) is 12.3. The van der Waals surface area contributed by atoms with Crippen molar-refractivity contribution in [2.75, 3.05) is 19.7 Å². The molecule has 2 rings (SSSR count). The van der Waals surface area contributed by atoms with Gasteiger partial charge >= 0.3 is 0 Å². The van der Waals surface area contributed by atoms with Crippen LogP contribution in [0.15, 0.2) is 0 Å². The Morgan fingerprint density at radius 1 is 1.45 bits per heavy atom. The van der Waals surface area contributed by atoms with E-state index < -0.39 is 5.54 Å². The van der Waals surface area contributed by atoms with Gasteiger partial charge in [-0.3, -0.25) is 9.69 Å². The van der Waals surface area contributed by atoms with Gasteiger partial charge in [0, 0.05) is 19.2 Å². The van der Waals surface area contributed by atoms with Crippen LogP contribution in [0, 0.1) is 17.2 Å². The van der Waals surface area contributed by atoms with E-state index in [1.807, 2.05) is 6.92 Å². The van der Waals surface area contributed by atoms with Gasteiger partial charge in [-0.1, -0.05) is 6.42 Å². The fourth-order valence-electron chi connectivity index (χ4n) is 2.81. The predicted octanol–water partition coefficient (Wildman–Crippen LogP) is 1.03. The van der Waals surface area contributed by atoms with Crippen LogP contribution in [0.3, 0.4) is 0 Å². The van der Waals surface area contributed by atoms with Crippen molar-refractivity contribution in [2.45, 2.75) is 57.0 Å². The number of aliphatic hydroxyl groups is 1. The normalized spacial score (nSPS) is 21.9. The molecule has 2 saturated carbocycles. The van der Waals surface area contributed by atoms with Gasteiger partial charge < -0.3 is 10.4 Å². The van der Waals surface area contributed by atoms with Crippen LogP contribution in [0.25, 0.3) is 0 Å². The molecule has 0 radical (unpaired) electrons. The smallest absolute Gasteiger partial charge is 0.235 e. The monoisotopic (exact) mass is 279 g/mol. The van der Waals surface area contributed by atoms with Crippen molar-refractivity contribution in [3.8, 4) is 6.07 Å². The number of nitrogens with one attached hydrogen (secondary N) is 1. The maximum absolute atomic E-state index is 12.2. The Bertz CT molecular complexity index is 385. The molecule has 20 heavy (non-hydrogen) atoms. The molecule has 0 saturated heterocycles. The van der Waals surface area contributed by atoms with Crippen LogP contribution in [0.1, 0.15) is 45.4 Å². The van der Waals surface area contributed by atoms with Crippen molar-refractivity contribution < 1.29 is 9.90 Å². The summed E-state index contributed by atoms with van der Waals surface area (Å²) >= 11 is 0. The molecule has 2 N–H and O–H groups in total. The average molecular weight is 279 g/mol. The number of nitrogens with zero attached hydrogens (tertiary/aromatic N) is 2. The first-order valence-corrected chi connectivity index (χ1v) is 7.66. The Labute approximate surface area is 120 Å². The van der Waals surface area contributed by atoms with E-state index in [0.717, 1.165) is 32.2 Å². The Hall–Kier alpha value is -1.12. The van der Waals surface area contributed by atoms with Gasteiger partial charge in [-0.15, -0.1) is 0 Å². The molecule has 0 aromatic carbocycles. The van der Waals surface area contributed by atoms with E-state index in [4.69, 9.17) is 5.11 Å². The quantitative estimate of drug-likeness (QED) is 0.696. The summed E-state index contributed by atoms with van der Waals surface area (Å²) < 4.78 is 0. The molecule has 0 heterocycles. The molecule has 2 aliphatic rings. The lowest BCUT2D eigenvalue weighted by Gasteiger charge is -2.37. The SMILES string of the molecule is CC(C#N)(NC(=O)CN(CCCO)C1CCC1)C1CC1. The molecule has 0 aliphatic heterocycles. The number of hydrogen-bond acceptors (Lipinski definition) is 4. The third-order valence-electron chi connectivity index (χ3n) is 4.57. The van der Waals surface area contributed by atoms with E-state index in [9.17, 15) is 10.1 Å². The molecule has 5 heteroatoms. The minimum absolute atomic E-state index is 0.0641. The van der Waals surface area contributed by atoms with Crippen LogP contribution < -0.4 is 5.32 Å². The topological polar surface area (TPSA) is 76.4 Å². The lowest BCUT2D eigenvalue weighted by molar-refractivity contribution is -0.124. The number of hydrogen-bond donors (Lipinski definition) is 2. The zero-order valence-corrected chi connectivity index (χ0v) is 12.3. The van der Waals surface area contributed by atoms with Gasteiger partial charge in [0.15, 0.2) is 0 Å². The van der Waals surface area contributed by atoms with Crippen LogP contribution in [-0.2, 0) is 4.79 Å². The van der Waals surface area contributed by atoms with Crippen LogP contribution in [0.4, 0.5) is 0 Å². The first-order chi connectivity index (χ1) is 9.59. The number of carbonyl (C=O) groups is 1. The van der Waals surface area contributed by atoms with Crippen LogP contribution >= 0.6 is 0 Å². The zero-order chi connectivity index (χ0) is 14.6. The highest BCUT2D eigenvalue weighted by Crippen LogP contribution is 2.39. The minimum Gasteiger partial charge on any atom is -0.396 e. The van der Waals surface area contributed by atoms with Crippen molar-refractivity contribution in [3.63, 3.8) is 0 Å².